The van der Waals surface area contributed by atoms with Crippen LogP contribution in [0.4, 0.5) is 0 Å². The molecule has 5 nitrogen and oxygen atoms in total. The Bertz CT molecular complexity index is 933. The van der Waals surface area contributed by atoms with E-state index in [1.54, 1.807) is 4.90 Å². The molecule has 1 saturated carbocycles. The summed E-state index contributed by atoms with van der Waals surface area (Å²) in [6.07, 6.45) is 6.12. The number of amides is 2. The highest BCUT2D eigenvalue weighted by molar-refractivity contribution is 5.88. The Hall–Kier alpha value is -2.82. The minimum Gasteiger partial charge on any atom is -0.483 e. The van der Waals surface area contributed by atoms with Crippen molar-refractivity contribution in [3.8, 4) is 5.75 Å². The van der Waals surface area contributed by atoms with Crippen molar-refractivity contribution in [1.82, 2.24) is 10.2 Å². The molecule has 3 rings (SSSR count). The standard InChI is InChI=1S/C28H38N2O3/c1-5-25(28(32)29-24-11-7-6-8-12-24)30(18-23-16-14-20(2)15-17-23)27(31)19-33-26-13-9-10-21(3)22(26)4/h9-10,13-17,24-25H,5-8,11-12,18-19H2,1-4H3,(H,29,32). The molecule has 178 valence electrons. The van der Waals surface area contributed by atoms with E-state index in [0.717, 1.165) is 47.9 Å². The molecule has 0 aliphatic heterocycles. The number of nitrogens with one attached hydrogen (secondary N) is 1. The molecule has 5 heteroatoms. The number of benzene rings is 2. The van der Waals surface area contributed by atoms with Crippen molar-refractivity contribution < 1.29 is 14.3 Å². The van der Waals surface area contributed by atoms with Crippen LogP contribution in [0.2, 0.25) is 0 Å². The summed E-state index contributed by atoms with van der Waals surface area (Å²) in [5.74, 6) is 0.470. The molecular formula is C28H38N2O3. The molecule has 0 saturated heterocycles. The fourth-order valence-electron chi connectivity index (χ4n) is 4.46. The first-order chi connectivity index (χ1) is 15.9. The number of rotatable bonds is 9. The molecule has 1 aliphatic carbocycles. The zero-order chi connectivity index (χ0) is 23.8. The number of hydrogen-bond acceptors (Lipinski definition) is 3. The van der Waals surface area contributed by atoms with Crippen molar-refractivity contribution in [1.29, 1.82) is 0 Å². The summed E-state index contributed by atoms with van der Waals surface area (Å²) in [6, 6.07) is 13.6. The van der Waals surface area contributed by atoms with E-state index in [9.17, 15) is 9.59 Å². The van der Waals surface area contributed by atoms with Gasteiger partial charge in [-0.05, 0) is 62.8 Å². The van der Waals surface area contributed by atoms with Gasteiger partial charge in [0.05, 0.1) is 0 Å². The smallest absolute Gasteiger partial charge is 0.261 e. The Balaban J connectivity index is 1.77. The first-order valence-electron chi connectivity index (χ1n) is 12.2. The zero-order valence-electron chi connectivity index (χ0n) is 20.5. The van der Waals surface area contributed by atoms with Crippen molar-refractivity contribution in [3.05, 3.63) is 64.7 Å². The Kier molecular flexibility index (Phi) is 8.93. The summed E-state index contributed by atoms with van der Waals surface area (Å²) < 4.78 is 5.92. The summed E-state index contributed by atoms with van der Waals surface area (Å²) in [5, 5.41) is 3.22. The first-order valence-corrected chi connectivity index (χ1v) is 12.2. The van der Waals surface area contributed by atoms with E-state index in [2.05, 4.69) is 5.32 Å². The van der Waals surface area contributed by atoms with E-state index >= 15 is 0 Å². The molecule has 2 amide bonds. The molecule has 1 N–H and O–H groups in total. The first kappa shape index (κ1) is 24.8. The lowest BCUT2D eigenvalue weighted by molar-refractivity contribution is -0.143. The second-order valence-corrected chi connectivity index (χ2v) is 9.26. The van der Waals surface area contributed by atoms with Crippen LogP contribution in [-0.4, -0.2) is 35.4 Å². The minimum atomic E-state index is -0.525. The number of nitrogens with zero attached hydrogens (tertiary/aromatic N) is 1. The normalized spacial score (nSPS) is 15.0. The highest BCUT2D eigenvalue weighted by atomic mass is 16.5. The summed E-state index contributed by atoms with van der Waals surface area (Å²) in [4.78, 5) is 28.4. The van der Waals surface area contributed by atoms with Gasteiger partial charge in [0.1, 0.15) is 11.8 Å². The van der Waals surface area contributed by atoms with E-state index in [0.29, 0.717) is 18.7 Å². The summed E-state index contributed by atoms with van der Waals surface area (Å²) in [6.45, 7) is 8.31. The predicted molar refractivity (Wildman–Crippen MR) is 132 cm³/mol. The van der Waals surface area contributed by atoms with Gasteiger partial charge in [0.2, 0.25) is 5.91 Å². The SMILES string of the molecule is CCC(C(=O)NC1CCCCC1)N(Cc1ccc(C)cc1)C(=O)COc1cccc(C)c1C. The topological polar surface area (TPSA) is 58.6 Å². The number of carbonyl (C=O) groups excluding carboxylic acids is 2. The Labute approximate surface area is 198 Å². The van der Waals surface area contributed by atoms with Crippen molar-refractivity contribution in [2.75, 3.05) is 6.61 Å². The van der Waals surface area contributed by atoms with Gasteiger partial charge in [0, 0.05) is 12.6 Å². The van der Waals surface area contributed by atoms with Crippen LogP contribution in [0.15, 0.2) is 42.5 Å². The maximum atomic E-state index is 13.4. The van der Waals surface area contributed by atoms with Crippen molar-refractivity contribution in [3.63, 3.8) is 0 Å². The van der Waals surface area contributed by atoms with Crippen molar-refractivity contribution in [2.24, 2.45) is 0 Å². The minimum absolute atomic E-state index is 0.0587. The number of ether oxygens (including phenoxy) is 1. The van der Waals surface area contributed by atoms with Crippen LogP contribution in [0.1, 0.15) is 67.7 Å². The number of carbonyl (C=O) groups is 2. The van der Waals surface area contributed by atoms with Gasteiger partial charge in [-0.15, -0.1) is 0 Å². The quantitative estimate of drug-likeness (QED) is 0.568. The third-order valence-corrected chi connectivity index (χ3v) is 6.72. The molecule has 1 atom stereocenters. The van der Waals surface area contributed by atoms with Crippen LogP contribution >= 0.6 is 0 Å². The van der Waals surface area contributed by atoms with Gasteiger partial charge in [-0.2, -0.15) is 0 Å². The Morgan fingerprint density at radius 1 is 1.03 bits per heavy atom. The second-order valence-electron chi connectivity index (χ2n) is 9.26. The fraction of sp³-hybridized carbons (Fsp3) is 0.500. The van der Waals surface area contributed by atoms with Gasteiger partial charge in [-0.3, -0.25) is 9.59 Å². The molecule has 1 unspecified atom stereocenters. The van der Waals surface area contributed by atoms with Gasteiger partial charge in [-0.1, -0.05) is 68.1 Å². The van der Waals surface area contributed by atoms with E-state index in [4.69, 9.17) is 4.74 Å². The molecule has 0 aromatic heterocycles. The molecule has 0 spiro atoms. The molecule has 0 heterocycles. The van der Waals surface area contributed by atoms with Crippen LogP contribution in [0.5, 0.6) is 5.75 Å². The maximum absolute atomic E-state index is 13.4. The number of hydrogen-bond donors (Lipinski definition) is 1. The molecule has 33 heavy (non-hydrogen) atoms. The summed E-state index contributed by atoms with van der Waals surface area (Å²) in [7, 11) is 0. The molecular weight excluding hydrogens is 412 g/mol. The molecule has 2 aromatic rings. The molecule has 2 aromatic carbocycles. The molecule has 1 fully saturated rings. The van der Waals surface area contributed by atoms with E-state index in [1.165, 1.54) is 6.42 Å². The second kappa shape index (κ2) is 11.9. The lowest BCUT2D eigenvalue weighted by atomic mass is 9.95. The monoisotopic (exact) mass is 450 g/mol. The molecule has 0 bridgehead atoms. The van der Waals surface area contributed by atoms with Crippen LogP contribution in [0, 0.1) is 20.8 Å². The lowest BCUT2D eigenvalue weighted by Crippen LogP contribution is -2.52. The van der Waals surface area contributed by atoms with Crippen LogP contribution in [-0.2, 0) is 16.1 Å². The average Bonchev–Trinajstić information content (AvgIpc) is 2.81. The third kappa shape index (κ3) is 6.83. The van der Waals surface area contributed by atoms with Gasteiger partial charge in [0.25, 0.3) is 5.91 Å². The zero-order valence-corrected chi connectivity index (χ0v) is 20.5. The van der Waals surface area contributed by atoms with Gasteiger partial charge in [-0.25, -0.2) is 0 Å². The summed E-state index contributed by atoms with van der Waals surface area (Å²) >= 11 is 0. The Morgan fingerprint density at radius 2 is 1.73 bits per heavy atom. The third-order valence-electron chi connectivity index (χ3n) is 6.72. The molecule has 0 radical (unpaired) electrons. The van der Waals surface area contributed by atoms with Crippen LogP contribution < -0.4 is 10.1 Å². The van der Waals surface area contributed by atoms with Gasteiger partial charge in [0.15, 0.2) is 6.61 Å². The van der Waals surface area contributed by atoms with Crippen molar-refractivity contribution >= 4 is 11.8 Å². The highest BCUT2D eigenvalue weighted by Crippen LogP contribution is 2.22. The maximum Gasteiger partial charge on any atom is 0.261 e. The van der Waals surface area contributed by atoms with Gasteiger partial charge >= 0.3 is 0 Å². The largest absolute Gasteiger partial charge is 0.483 e. The predicted octanol–water partition coefficient (Wildman–Crippen LogP) is 5.25. The van der Waals surface area contributed by atoms with Crippen molar-refractivity contribution in [2.45, 2.75) is 84.8 Å². The van der Waals surface area contributed by atoms with E-state index in [-0.39, 0.29) is 24.5 Å². The summed E-state index contributed by atoms with van der Waals surface area (Å²) in [5.41, 5.74) is 4.31. The lowest BCUT2D eigenvalue weighted by Gasteiger charge is -2.32. The van der Waals surface area contributed by atoms with Crippen LogP contribution in [0.25, 0.3) is 0 Å². The fourth-order valence-corrected chi connectivity index (χ4v) is 4.46. The number of aryl methyl sites for hydroxylation is 2. The molecule has 1 aliphatic rings. The van der Waals surface area contributed by atoms with E-state index < -0.39 is 6.04 Å². The average molecular weight is 451 g/mol. The highest BCUT2D eigenvalue weighted by Gasteiger charge is 2.30. The van der Waals surface area contributed by atoms with E-state index in [1.807, 2.05) is 70.2 Å². The Morgan fingerprint density at radius 3 is 2.39 bits per heavy atom. The van der Waals surface area contributed by atoms with Gasteiger partial charge < -0.3 is 15.0 Å². The van der Waals surface area contributed by atoms with Crippen LogP contribution in [0.3, 0.4) is 0 Å².